The lowest BCUT2D eigenvalue weighted by Gasteiger charge is -2.10. The van der Waals surface area contributed by atoms with Gasteiger partial charge in [-0.1, -0.05) is 48.5 Å². The van der Waals surface area contributed by atoms with E-state index in [0.29, 0.717) is 12.2 Å². The second-order valence-electron chi connectivity index (χ2n) is 4.05. The number of ether oxygens (including phenoxy) is 1. The van der Waals surface area contributed by atoms with Crippen LogP contribution in [0.5, 0.6) is 5.75 Å². The van der Waals surface area contributed by atoms with Crippen molar-refractivity contribution in [3.63, 3.8) is 0 Å². The molecular weight excluding hydrogens is 258 g/mol. The minimum atomic E-state index is -0.655. The van der Waals surface area contributed by atoms with Gasteiger partial charge in [-0.05, 0) is 17.7 Å². The van der Waals surface area contributed by atoms with Gasteiger partial charge in [-0.3, -0.25) is 0 Å². The predicted molar refractivity (Wildman–Crippen MR) is 75.8 cm³/mol. The Hall–Kier alpha value is -2.07. The summed E-state index contributed by atoms with van der Waals surface area (Å²) in [6.45, 7) is 0. The molecule has 0 aliphatic carbocycles. The van der Waals surface area contributed by atoms with Gasteiger partial charge in [0.1, 0.15) is 5.75 Å². The standard InChI is InChI=1S/C15H13NO2S/c17-15(18-13-9-5-2-6-10-13)14(16-19)11-12-7-3-1-4-8-12/h1-10,14H,11H2/t14-/m0/s1. The predicted octanol–water partition coefficient (Wildman–Crippen LogP) is 2.93. The molecule has 0 saturated heterocycles. The maximum absolute atomic E-state index is 12.0. The van der Waals surface area contributed by atoms with E-state index in [0.717, 1.165) is 5.56 Å². The SMILES string of the molecule is O=C(Oc1ccccc1)[C@H](Cc1ccccc1)N=S. The van der Waals surface area contributed by atoms with E-state index in [9.17, 15) is 4.79 Å². The van der Waals surface area contributed by atoms with Crippen LogP contribution in [-0.2, 0) is 23.6 Å². The first-order valence-corrected chi connectivity index (χ1v) is 6.29. The molecule has 0 bridgehead atoms. The molecule has 4 heteroatoms. The fraction of sp³-hybridized carbons (Fsp3) is 0.133. The monoisotopic (exact) mass is 271 g/mol. The van der Waals surface area contributed by atoms with Crippen molar-refractivity contribution in [2.75, 3.05) is 0 Å². The fourth-order valence-corrected chi connectivity index (χ4v) is 1.83. The molecule has 3 nitrogen and oxygen atoms in total. The van der Waals surface area contributed by atoms with Crippen molar-refractivity contribution < 1.29 is 9.53 Å². The van der Waals surface area contributed by atoms with Crippen LogP contribution >= 0.6 is 0 Å². The van der Waals surface area contributed by atoms with Crippen molar-refractivity contribution in [1.82, 2.24) is 0 Å². The van der Waals surface area contributed by atoms with Gasteiger partial charge in [0, 0.05) is 18.8 Å². The summed E-state index contributed by atoms with van der Waals surface area (Å²) in [7, 11) is 0. The first-order valence-electron chi connectivity index (χ1n) is 5.92. The Bertz CT molecular complexity index is 543. The molecule has 2 aromatic carbocycles. The van der Waals surface area contributed by atoms with Crippen LogP contribution in [0.2, 0.25) is 0 Å². The highest BCUT2D eigenvalue weighted by atomic mass is 32.1. The Morgan fingerprint density at radius 2 is 1.63 bits per heavy atom. The zero-order valence-electron chi connectivity index (χ0n) is 10.2. The van der Waals surface area contributed by atoms with Gasteiger partial charge in [-0.15, -0.1) is 0 Å². The van der Waals surface area contributed by atoms with Gasteiger partial charge in [-0.2, -0.15) is 0 Å². The number of esters is 1. The summed E-state index contributed by atoms with van der Waals surface area (Å²) in [5.74, 6) is 0.0780. The summed E-state index contributed by atoms with van der Waals surface area (Å²) in [6.07, 6.45) is 0.454. The third-order valence-electron chi connectivity index (χ3n) is 2.63. The van der Waals surface area contributed by atoms with Crippen LogP contribution in [0.25, 0.3) is 0 Å². The molecule has 0 N–H and O–H groups in total. The molecule has 0 aliphatic rings. The quantitative estimate of drug-likeness (QED) is 0.620. The Labute approximate surface area is 117 Å². The molecule has 0 spiro atoms. The van der Waals surface area contributed by atoms with Gasteiger partial charge in [0.2, 0.25) is 0 Å². The minimum absolute atomic E-state index is 0.426. The number of benzene rings is 2. The topological polar surface area (TPSA) is 38.7 Å². The first kappa shape index (κ1) is 13.4. The second-order valence-corrected chi connectivity index (χ2v) is 4.26. The molecule has 96 valence electrons. The van der Waals surface area contributed by atoms with Crippen LogP contribution in [0.4, 0.5) is 0 Å². The van der Waals surface area contributed by atoms with Crippen molar-refractivity contribution in [2.24, 2.45) is 4.36 Å². The normalized spacial score (nSPS) is 11.6. The van der Waals surface area contributed by atoms with Gasteiger partial charge < -0.3 is 4.74 Å². The largest absolute Gasteiger partial charge is 0.425 e. The lowest BCUT2D eigenvalue weighted by atomic mass is 10.1. The summed E-state index contributed by atoms with van der Waals surface area (Å²) < 4.78 is 8.93. The highest BCUT2D eigenvalue weighted by molar-refractivity contribution is 7.47. The van der Waals surface area contributed by atoms with Gasteiger partial charge in [-0.25, -0.2) is 9.16 Å². The summed E-state index contributed by atoms with van der Waals surface area (Å²) in [6, 6.07) is 17.9. The van der Waals surface area contributed by atoms with E-state index < -0.39 is 12.0 Å². The summed E-state index contributed by atoms with van der Waals surface area (Å²) >= 11 is 4.69. The van der Waals surface area contributed by atoms with E-state index >= 15 is 0 Å². The number of rotatable bonds is 5. The zero-order valence-corrected chi connectivity index (χ0v) is 11.0. The number of carbonyl (C=O) groups is 1. The third-order valence-corrected chi connectivity index (χ3v) is 2.89. The van der Waals surface area contributed by atoms with Crippen molar-refractivity contribution in [3.05, 3.63) is 66.2 Å². The average Bonchev–Trinajstić information content (AvgIpc) is 2.47. The van der Waals surface area contributed by atoms with E-state index in [1.807, 2.05) is 36.4 Å². The first-order chi connectivity index (χ1) is 9.29. The molecular formula is C15H13NO2S. The van der Waals surface area contributed by atoms with Crippen LogP contribution < -0.4 is 4.74 Å². The molecule has 2 aromatic rings. The molecule has 0 aliphatic heterocycles. The maximum Gasteiger partial charge on any atom is 0.337 e. The third kappa shape index (κ3) is 3.96. The summed E-state index contributed by atoms with van der Waals surface area (Å²) in [4.78, 5) is 12.0. The van der Waals surface area contributed by atoms with Crippen LogP contribution in [0.15, 0.2) is 65.0 Å². The second kappa shape index (κ2) is 6.75. The van der Waals surface area contributed by atoms with E-state index in [4.69, 9.17) is 4.74 Å². The van der Waals surface area contributed by atoms with E-state index in [-0.39, 0.29) is 0 Å². The minimum Gasteiger partial charge on any atom is -0.425 e. The Kier molecular flexibility index (Phi) is 4.75. The van der Waals surface area contributed by atoms with Gasteiger partial charge >= 0.3 is 5.97 Å². The number of hydrogen-bond acceptors (Lipinski definition) is 4. The molecule has 1 atom stereocenters. The molecule has 0 heterocycles. The van der Waals surface area contributed by atoms with E-state index in [1.165, 1.54) is 0 Å². The molecule has 0 aromatic heterocycles. The lowest BCUT2D eigenvalue weighted by molar-refractivity contribution is -0.135. The van der Waals surface area contributed by atoms with Crippen LogP contribution in [0, 0.1) is 0 Å². The molecule has 0 amide bonds. The summed E-state index contributed by atoms with van der Waals surface area (Å²) in [5, 5.41) is 0. The van der Waals surface area contributed by atoms with Crippen LogP contribution in [0.3, 0.4) is 0 Å². The van der Waals surface area contributed by atoms with Crippen molar-refractivity contribution >= 4 is 18.4 Å². The Balaban J connectivity index is 2.02. The lowest BCUT2D eigenvalue weighted by Crippen LogP contribution is -2.26. The summed E-state index contributed by atoms with van der Waals surface area (Å²) in [5.41, 5.74) is 1.01. The van der Waals surface area contributed by atoms with E-state index in [1.54, 1.807) is 24.3 Å². The van der Waals surface area contributed by atoms with Gasteiger partial charge in [0.25, 0.3) is 0 Å². The fourth-order valence-electron chi connectivity index (χ4n) is 1.67. The van der Waals surface area contributed by atoms with Crippen LogP contribution in [-0.4, -0.2) is 12.0 Å². The zero-order chi connectivity index (χ0) is 13.5. The number of carbonyl (C=O) groups excluding carboxylic acids is 1. The highest BCUT2D eigenvalue weighted by Gasteiger charge is 2.20. The Morgan fingerprint density at radius 3 is 2.21 bits per heavy atom. The Morgan fingerprint density at radius 1 is 1.05 bits per heavy atom. The maximum atomic E-state index is 12.0. The molecule has 0 radical (unpaired) electrons. The molecule has 19 heavy (non-hydrogen) atoms. The van der Waals surface area contributed by atoms with Gasteiger partial charge in [0.05, 0.1) is 0 Å². The highest BCUT2D eigenvalue weighted by Crippen LogP contribution is 2.12. The molecule has 0 unspecified atom stereocenters. The van der Waals surface area contributed by atoms with Crippen molar-refractivity contribution in [1.29, 1.82) is 0 Å². The molecule has 0 saturated carbocycles. The van der Waals surface area contributed by atoms with Crippen molar-refractivity contribution in [2.45, 2.75) is 12.5 Å². The smallest absolute Gasteiger partial charge is 0.337 e. The number of para-hydroxylation sites is 1. The number of nitrogens with zero attached hydrogens (tertiary/aromatic N) is 1. The molecule has 2 rings (SSSR count). The van der Waals surface area contributed by atoms with Crippen molar-refractivity contribution in [3.8, 4) is 5.75 Å². The average molecular weight is 271 g/mol. The van der Waals surface area contributed by atoms with E-state index in [2.05, 4.69) is 16.8 Å². The molecule has 0 fully saturated rings. The van der Waals surface area contributed by atoms with Gasteiger partial charge in [0.15, 0.2) is 6.04 Å². The van der Waals surface area contributed by atoms with Crippen LogP contribution in [0.1, 0.15) is 5.56 Å². The number of hydrogen-bond donors (Lipinski definition) is 0.